The van der Waals surface area contributed by atoms with Crippen molar-refractivity contribution < 1.29 is 14.3 Å². The number of halogens is 1. The minimum atomic E-state index is 0.398. The van der Waals surface area contributed by atoms with E-state index in [4.69, 9.17) is 21.1 Å². The molecule has 0 amide bonds. The van der Waals surface area contributed by atoms with Gasteiger partial charge in [-0.05, 0) is 42.8 Å². The lowest BCUT2D eigenvalue weighted by Crippen LogP contribution is -1.94. The van der Waals surface area contributed by atoms with Crippen LogP contribution in [0.3, 0.4) is 0 Å². The average Bonchev–Trinajstić information content (AvgIpc) is 2.42. The Hall–Kier alpha value is -2.00. The van der Waals surface area contributed by atoms with E-state index in [1.165, 1.54) is 0 Å². The van der Waals surface area contributed by atoms with Crippen LogP contribution in [-0.4, -0.2) is 13.4 Å². The van der Waals surface area contributed by atoms with Crippen molar-refractivity contribution in [2.45, 2.75) is 6.92 Å². The van der Waals surface area contributed by atoms with Gasteiger partial charge in [-0.3, -0.25) is 4.79 Å². The lowest BCUT2D eigenvalue weighted by Gasteiger charge is -2.12. The van der Waals surface area contributed by atoms with Gasteiger partial charge >= 0.3 is 0 Å². The summed E-state index contributed by atoms with van der Waals surface area (Å²) in [5, 5.41) is 0.491. The van der Waals surface area contributed by atoms with E-state index >= 15 is 0 Å². The number of rotatable bonds is 4. The number of hydrogen-bond donors (Lipinski definition) is 0. The van der Waals surface area contributed by atoms with Gasteiger partial charge < -0.3 is 9.47 Å². The fourth-order valence-electron chi connectivity index (χ4n) is 1.68. The van der Waals surface area contributed by atoms with Crippen molar-refractivity contribution in [3.63, 3.8) is 0 Å². The summed E-state index contributed by atoms with van der Waals surface area (Å²) in [5.41, 5.74) is 1.46. The fraction of sp³-hybridized carbons (Fsp3) is 0.133. The SMILES string of the molecule is COc1cc(C)ccc1Oc1ccc(Cl)cc1C=O. The van der Waals surface area contributed by atoms with Crippen LogP contribution in [0.25, 0.3) is 0 Å². The molecular formula is C15H13ClO3. The third kappa shape index (κ3) is 3.06. The minimum absolute atomic E-state index is 0.398. The van der Waals surface area contributed by atoms with Gasteiger partial charge in [-0.15, -0.1) is 0 Å². The number of benzene rings is 2. The number of hydrogen-bond acceptors (Lipinski definition) is 3. The first-order valence-corrected chi connectivity index (χ1v) is 6.09. The molecule has 4 heteroatoms. The molecule has 0 spiro atoms. The molecule has 3 nitrogen and oxygen atoms in total. The van der Waals surface area contributed by atoms with Crippen molar-refractivity contribution in [2.24, 2.45) is 0 Å². The van der Waals surface area contributed by atoms with Crippen LogP contribution in [-0.2, 0) is 0 Å². The van der Waals surface area contributed by atoms with Crippen molar-refractivity contribution >= 4 is 17.9 Å². The number of carbonyl (C=O) groups is 1. The second-order valence-electron chi connectivity index (χ2n) is 4.06. The predicted molar refractivity (Wildman–Crippen MR) is 74.6 cm³/mol. The number of methoxy groups -OCH3 is 1. The quantitative estimate of drug-likeness (QED) is 0.783. The molecule has 0 saturated heterocycles. The van der Waals surface area contributed by atoms with Crippen molar-refractivity contribution in [3.8, 4) is 17.2 Å². The Morgan fingerprint density at radius 1 is 1.05 bits per heavy atom. The van der Waals surface area contributed by atoms with Gasteiger partial charge in [0.05, 0.1) is 12.7 Å². The Kier molecular flexibility index (Phi) is 4.07. The first-order chi connectivity index (χ1) is 9.13. The number of aldehydes is 1. The third-order valence-corrected chi connectivity index (χ3v) is 2.87. The Balaban J connectivity index is 2.38. The van der Waals surface area contributed by atoms with Crippen molar-refractivity contribution in [1.82, 2.24) is 0 Å². The number of carbonyl (C=O) groups excluding carboxylic acids is 1. The van der Waals surface area contributed by atoms with Gasteiger partial charge in [0.1, 0.15) is 5.75 Å². The Morgan fingerprint density at radius 2 is 1.79 bits per heavy atom. The zero-order valence-electron chi connectivity index (χ0n) is 10.6. The summed E-state index contributed by atoms with van der Waals surface area (Å²) in [4.78, 5) is 11.0. The van der Waals surface area contributed by atoms with E-state index < -0.39 is 0 Å². The molecule has 0 aliphatic rings. The molecule has 0 aliphatic heterocycles. The summed E-state index contributed by atoms with van der Waals surface area (Å²) in [6.45, 7) is 1.96. The second kappa shape index (κ2) is 5.76. The van der Waals surface area contributed by atoms with E-state index in [0.717, 1.165) is 5.56 Å². The molecule has 19 heavy (non-hydrogen) atoms. The van der Waals surface area contributed by atoms with Gasteiger partial charge in [0, 0.05) is 5.02 Å². The first-order valence-electron chi connectivity index (χ1n) is 5.71. The van der Waals surface area contributed by atoms with Gasteiger partial charge in [0.2, 0.25) is 0 Å². The molecule has 0 N–H and O–H groups in total. The maximum atomic E-state index is 11.0. The molecule has 0 atom stereocenters. The highest BCUT2D eigenvalue weighted by Gasteiger charge is 2.09. The van der Waals surface area contributed by atoms with Crippen molar-refractivity contribution in [3.05, 3.63) is 52.5 Å². The maximum Gasteiger partial charge on any atom is 0.169 e. The smallest absolute Gasteiger partial charge is 0.169 e. The van der Waals surface area contributed by atoms with Crippen LogP contribution in [0, 0.1) is 6.92 Å². The molecule has 0 saturated carbocycles. The minimum Gasteiger partial charge on any atom is -0.493 e. The summed E-state index contributed by atoms with van der Waals surface area (Å²) in [6.07, 6.45) is 0.710. The summed E-state index contributed by atoms with van der Waals surface area (Å²) in [7, 11) is 1.57. The molecule has 0 aliphatic carbocycles. The Labute approximate surface area is 116 Å². The third-order valence-electron chi connectivity index (χ3n) is 2.64. The molecule has 0 heterocycles. The topological polar surface area (TPSA) is 35.5 Å². The van der Waals surface area contributed by atoms with Gasteiger partial charge in [0.25, 0.3) is 0 Å². The van der Waals surface area contributed by atoms with Gasteiger partial charge in [-0.1, -0.05) is 17.7 Å². The van der Waals surface area contributed by atoms with Crippen LogP contribution < -0.4 is 9.47 Å². The highest BCUT2D eigenvalue weighted by Crippen LogP contribution is 2.34. The molecule has 0 fully saturated rings. The zero-order chi connectivity index (χ0) is 13.8. The van der Waals surface area contributed by atoms with Gasteiger partial charge in [-0.25, -0.2) is 0 Å². The lowest BCUT2D eigenvalue weighted by atomic mass is 10.2. The molecule has 0 aromatic heterocycles. The average molecular weight is 277 g/mol. The van der Waals surface area contributed by atoms with E-state index in [1.807, 2.05) is 19.1 Å². The lowest BCUT2D eigenvalue weighted by molar-refractivity contribution is 0.112. The van der Waals surface area contributed by atoms with Crippen LogP contribution in [0.5, 0.6) is 17.2 Å². The highest BCUT2D eigenvalue weighted by molar-refractivity contribution is 6.30. The maximum absolute atomic E-state index is 11.0. The number of aryl methyl sites for hydroxylation is 1. The Bertz CT molecular complexity index is 608. The van der Waals surface area contributed by atoms with Crippen LogP contribution in [0.4, 0.5) is 0 Å². The largest absolute Gasteiger partial charge is 0.493 e. The Morgan fingerprint density at radius 3 is 2.47 bits per heavy atom. The molecule has 0 unspecified atom stereocenters. The van der Waals surface area contributed by atoms with E-state index in [9.17, 15) is 4.79 Å². The normalized spacial score (nSPS) is 10.1. The molecule has 2 aromatic rings. The van der Waals surface area contributed by atoms with Gasteiger partial charge in [0.15, 0.2) is 17.8 Å². The molecule has 2 rings (SSSR count). The monoisotopic (exact) mass is 276 g/mol. The van der Waals surface area contributed by atoms with E-state index in [0.29, 0.717) is 34.1 Å². The predicted octanol–water partition coefficient (Wildman–Crippen LogP) is 4.26. The van der Waals surface area contributed by atoms with E-state index in [2.05, 4.69) is 0 Å². The number of ether oxygens (including phenoxy) is 2. The molecular weight excluding hydrogens is 264 g/mol. The molecule has 98 valence electrons. The standard InChI is InChI=1S/C15H13ClO3/c1-10-3-5-14(15(7-10)18-2)19-13-6-4-12(16)8-11(13)9-17/h3-9H,1-2H3. The summed E-state index contributed by atoms with van der Waals surface area (Å²) in [5.74, 6) is 1.62. The molecule has 0 radical (unpaired) electrons. The molecule has 2 aromatic carbocycles. The zero-order valence-corrected chi connectivity index (χ0v) is 11.4. The van der Waals surface area contributed by atoms with Crippen LogP contribution in [0.2, 0.25) is 5.02 Å². The highest BCUT2D eigenvalue weighted by atomic mass is 35.5. The second-order valence-corrected chi connectivity index (χ2v) is 4.49. The van der Waals surface area contributed by atoms with Crippen molar-refractivity contribution in [1.29, 1.82) is 0 Å². The van der Waals surface area contributed by atoms with Gasteiger partial charge in [-0.2, -0.15) is 0 Å². The van der Waals surface area contributed by atoms with E-state index in [-0.39, 0.29) is 0 Å². The summed E-state index contributed by atoms with van der Waals surface area (Å²) in [6, 6.07) is 10.5. The summed E-state index contributed by atoms with van der Waals surface area (Å²) >= 11 is 5.84. The fourth-order valence-corrected chi connectivity index (χ4v) is 1.86. The molecule has 0 bridgehead atoms. The van der Waals surface area contributed by atoms with Crippen molar-refractivity contribution in [2.75, 3.05) is 7.11 Å². The van der Waals surface area contributed by atoms with Crippen LogP contribution in [0.15, 0.2) is 36.4 Å². The van der Waals surface area contributed by atoms with E-state index in [1.54, 1.807) is 31.4 Å². The first kappa shape index (κ1) is 13.4. The van der Waals surface area contributed by atoms with Crippen LogP contribution >= 0.6 is 11.6 Å². The van der Waals surface area contributed by atoms with Crippen LogP contribution in [0.1, 0.15) is 15.9 Å². The summed E-state index contributed by atoms with van der Waals surface area (Å²) < 4.78 is 11.0.